The molecule has 0 saturated heterocycles. The second-order valence-corrected chi connectivity index (χ2v) is 6.09. The largest absolute Gasteiger partial charge is 0.480 e. The molecule has 0 spiro atoms. The lowest BCUT2D eigenvalue weighted by atomic mass is 10.2. The standard InChI is InChI=1S/C17H20N4O3/c1-11-15(18-19-21(11)14-6-4-3-5-7-14)10-16(22)20(13-8-9-13)12(2)17(23)24/h3-7,12-13H,8-10H2,1-2H3,(H,23,24). The lowest BCUT2D eigenvalue weighted by Gasteiger charge is -2.26. The highest BCUT2D eigenvalue weighted by molar-refractivity contribution is 5.85. The van der Waals surface area contributed by atoms with Gasteiger partial charge in [-0.25, -0.2) is 9.48 Å². The molecule has 1 amide bonds. The van der Waals surface area contributed by atoms with E-state index in [1.807, 2.05) is 37.3 Å². The zero-order valence-corrected chi connectivity index (χ0v) is 13.7. The molecule has 1 aromatic carbocycles. The molecule has 1 heterocycles. The van der Waals surface area contributed by atoms with Crippen LogP contribution in [0, 0.1) is 6.92 Å². The summed E-state index contributed by atoms with van der Waals surface area (Å²) >= 11 is 0. The van der Waals surface area contributed by atoms with E-state index in [1.165, 1.54) is 4.90 Å². The van der Waals surface area contributed by atoms with Gasteiger partial charge < -0.3 is 10.0 Å². The molecule has 2 aromatic rings. The summed E-state index contributed by atoms with van der Waals surface area (Å²) in [6, 6.07) is 8.77. The van der Waals surface area contributed by atoms with Gasteiger partial charge in [0.25, 0.3) is 0 Å². The number of carbonyl (C=O) groups excluding carboxylic acids is 1. The van der Waals surface area contributed by atoms with Gasteiger partial charge in [-0.1, -0.05) is 23.4 Å². The first-order chi connectivity index (χ1) is 11.5. The second kappa shape index (κ2) is 6.43. The van der Waals surface area contributed by atoms with Crippen LogP contribution in [0.4, 0.5) is 0 Å². The minimum absolute atomic E-state index is 0.0353. The van der Waals surface area contributed by atoms with Crippen molar-refractivity contribution in [1.29, 1.82) is 0 Å². The van der Waals surface area contributed by atoms with E-state index in [1.54, 1.807) is 11.6 Å². The van der Waals surface area contributed by atoms with Crippen molar-refractivity contribution in [3.8, 4) is 5.69 Å². The number of benzene rings is 1. The Morgan fingerprint density at radius 1 is 1.33 bits per heavy atom. The molecule has 1 aliphatic rings. The van der Waals surface area contributed by atoms with Crippen molar-refractivity contribution in [3.05, 3.63) is 41.7 Å². The number of carboxylic acids is 1. The van der Waals surface area contributed by atoms with Crippen molar-refractivity contribution in [2.45, 2.75) is 45.2 Å². The van der Waals surface area contributed by atoms with Crippen molar-refractivity contribution >= 4 is 11.9 Å². The highest BCUT2D eigenvalue weighted by Gasteiger charge is 2.38. The first-order valence-corrected chi connectivity index (χ1v) is 7.99. The van der Waals surface area contributed by atoms with Crippen LogP contribution in [0.25, 0.3) is 5.69 Å². The Bertz CT molecular complexity index is 752. The van der Waals surface area contributed by atoms with Crippen LogP contribution in [-0.4, -0.2) is 49.0 Å². The molecule has 7 nitrogen and oxygen atoms in total. The zero-order valence-electron chi connectivity index (χ0n) is 13.7. The quantitative estimate of drug-likeness (QED) is 0.870. The first-order valence-electron chi connectivity index (χ1n) is 7.99. The third kappa shape index (κ3) is 3.15. The van der Waals surface area contributed by atoms with Crippen LogP contribution in [0.3, 0.4) is 0 Å². The summed E-state index contributed by atoms with van der Waals surface area (Å²) in [7, 11) is 0. The fourth-order valence-electron chi connectivity index (χ4n) is 2.78. The number of para-hydroxylation sites is 1. The number of hydrogen-bond acceptors (Lipinski definition) is 4. The summed E-state index contributed by atoms with van der Waals surface area (Å²) in [6.45, 7) is 3.41. The molecule has 126 valence electrons. The molecular weight excluding hydrogens is 308 g/mol. The van der Waals surface area contributed by atoms with Gasteiger partial charge >= 0.3 is 5.97 Å². The van der Waals surface area contributed by atoms with Crippen LogP contribution in [0.1, 0.15) is 31.2 Å². The molecule has 1 atom stereocenters. The molecule has 7 heteroatoms. The number of carboxylic acid groups (broad SMARTS) is 1. The molecule has 1 aliphatic carbocycles. The van der Waals surface area contributed by atoms with Crippen LogP contribution in [0.5, 0.6) is 0 Å². The highest BCUT2D eigenvalue weighted by Crippen LogP contribution is 2.29. The molecule has 1 fully saturated rings. The van der Waals surface area contributed by atoms with Crippen LogP contribution in [0.15, 0.2) is 30.3 Å². The van der Waals surface area contributed by atoms with Crippen molar-refractivity contribution in [3.63, 3.8) is 0 Å². The number of rotatable bonds is 6. The smallest absolute Gasteiger partial charge is 0.326 e. The molecule has 1 aromatic heterocycles. The van der Waals surface area contributed by atoms with Gasteiger partial charge in [-0.2, -0.15) is 0 Å². The lowest BCUT2D eigenvalue weighted by molar-refractivity contribution is -0.149. The van der Waals surface area contributed by atoms with Gasteiger partial charge in [0.2, 0.25) is 5.91 Å². The fourth-order valence-corrected chi connectivity index (χ4v) is 2.78. The molecule has 3 rings (SSSR count). The summed E-state index contributed by atoms with van der Waals surface area (Å²) in [5.74, 6) is -1.20. The molecule has 24 heavy (non-hydrogen) atoms. The monoisotopic (exact) mass is 328 g/mol. The number of nitrogens with zero attached hydrogens (tertiary/aromatic N) is 4. The number of amides is 1. The second-order valence-electron chi connectivity index (χ2n) is 6.09. The van der Waals surface area contributed by atoms with Crippen molar-refractivity contribution < 1.29 is 14.7 Å². The molecule has 0 aliphatic heterocycles. The van der Waals surface area contributed by atoms with E-state index >= 15 is 0 Å². The van der Waals surface area contributed by atoms with Crippen molar-refractivity contribution in [1.82, 2.24) is 19.9 Å². The van der Waals surface area contributed by atoms with Crippen LogP contribution in [0.2, 0.25) is 0 Å². The molecule has 0 bridgehead atoms. The molecule has 1 saturated carbocycles. The average Bonchev–Trinajstić information content (AvgIpc) is 3.33. The zero-order chi connectivity index (χ0) is 17.3. The number of aromatic nitrogens is 3. The van der Waals surface area contributed by atoms with Gasteiger partial charge in [0.1, 0.15) is 6.04 Å². The van der Waals surface area contributed by atoms with Gasteiger partial charge in [-0.05, 0) is 38.8 Å². The molecule has 0 radical (unpaired) electrons. The van der Waals surface area contributed by atoms with Gasteiger partial charge in [0, 0.05) is 6.04 Å². The maximum Gasteiger partial charge on any atom is 0.326 e. The van der Waals surface area contributed by atoms with E-state index in [-0.39, 0.29) is 18.4 Å². The van der Waals surface area contributed by atoms with E-state index in [0.717, 1.165) is 24.2 Å². The van der Waals surface area contributed by atoms with E-state index in [0.29, 0.717) is 5.69 Å². The van der Waals surface area contributed by atoms with Crippen molar-refractivity contribution in [2.75, 3.05) is 0 Å². The topological polar surface area (TPSA) is 88.3 Å². The van der Waals surface area contributed by atoms with Gasteiger partial charge in [0.05, 0.1) is 23.5 Å². The van der Waals surface area contributed by atoms with E-state index < -0.39 is 12.0 Å². The Labute approximate surface area is 139 Å². The maximum atomic E-state index is 12.6. The SMILES string of the molecule is Cc1c(CC(=O)N(C2CC2)C(C)C(=O)O)nnn1-c1ccccc1. The number of hydrogen-bond donors (Lipinski definition) is 1. The normalized spacial score (nSPS) is 15.1. The number of carbonyl (C=O) groups is 2. The Morgan fingerprint density at radius 2 is 2.00 bits per heavy atom. The molecule has 1 unspecified atom stereocenters. The molecular formula is C17H20N4O3. The third-order valence-corrected chi connectivity index (χ3v) is 4.31. The first kappa shape index (κ1) is 16.2. The maximum absolute atomic E-state index is 12.6. The fraction of sp³-hybridized carbons (Fsp3) is 0.412. The van der Waals surface area contributed by atoms with Gasteiger partial charge in [-0.3, -0.25) is 4.79 Å². The van der Waals surface area contributed by atoms with Crippen molar-refractivity contribution in [2.24, 2.45) is 0 Å². The van der Waals surface area contributed by atoms with E-state index in [2.05, 4.69) is 10.3 Å². The Morgan fingerprint density at radius 3 is 2.58 bits per heavy atom. The van der Waals surface area contributed by atoms with E-state index in [4.69, 9.17) is 0 Å². The van der Waals surface area contributed by atoms with Gasteiger partial charge in [-0.15, -0.1) is 5.10 Å². The lowest BCUT2D eigenvalue weighted by Crippen LogP contribution is -2.45. The predicted molar refractivity (Wildman–Crippen MR) is 86.8 cm³/mol. The number of aliphatic carboxylic acids is 1. The summed E-state index contributed by atoms with van der Waals surface area (Å²) in [5, 5.41) is 17.5. The summed E-state index contributed by atoms with van der Waals surface area (Å²) < 4.78 is 1.69. The molecule has 1 N–H and O–H groups in total. The van der Waals surface area contributed by atoms with E-state index in [9.17, 15) is 14.7 Å². The summed E-state index contributed by atoms with van der Waals surface area (Å²) in [5.41, 5.74) is 2.24. The minimum Gasteiger partial charge on any atom is -0.480 e. The average molecular weight is 328 g/mol. The highest BCUT2D eigenvalue weighted by atomic mass is 16.4. The van der Waals surface area contributed by atoms with Crippen LogP contribution in [-0.2, 0) is 16.0 Å². The Kier molecular flexibility index (Phi) is 4.33. The Balaban J connectivity index is 1.79. The van der Waals surface area contributed by atoms with Gasteiger partial charge in [0.15, 0.2) is 0 Å². The summed E-state index contributed by atoms with van der Waals surface area (Å²) in [4.78, 5) is 25.4. The summed E-state index contributed by atoms with van der Waals surface area (Å²) in [6.07, 6.45) is 1.78. The van der Waals surface area contributed by atoms with Crippen LogP contribution < -0.4 is 0 Å². The Hall–Kier alpha value is -2.70. The third-order valence-electron chi connectivity index (χ3n) is 4.31. The van der Waals surface area contributed by atoms with Crippen LogP contribution >= 0.6 is 0 Å². The minimum atomic E-state index is -0.986. The predicted octanol–water partition coefficient (Wildman–Crippen LogP) is 1.58.